The lowest BCUT2D eigenvalue weighted by molar-refractivity contribution is 0.0976. The van der Waals surface area contributed by atoms with E-state index in [-0.39, 0.29) is 17.6 Å². The molecule has 1 N–H and O–H groups in total. The van der Waals surface area contributed by atoms with Gasteiger partial charge in [-0.15, -0.1) is 0 Å². The number of benzene rings is 1. The van der Waals surface area contributed by atoms with Crippen LogP contribution in [0.4, 0.5) is 4.39 Å². The van der Waals surface area contributed by atoms with Gasteiger partial charge in [-0.2, -0.15) is 5.10 Å². The van der Waals surface area contributed by atoms with Gasteiger partial charge in [0.05, 0.1) is 29.7 Å². The molecule has 0 radical (unpaired) electrons. The Hall–Kier alpha value is -2.15. The molecule has 120 valence electrons. The number of hydrogen-bond donors (Lipinski definition) is 1. The number of aliphatic imine (C=N–C) groups is 1. The fourth-order valence-electron chi connectivity index (χ4n) is 2.45. The molecule has 7 heteroatoms. The van der Waals surface area contributed by atoms with Gasteiger partial charge in [-0.05, 0) is 30.2 Å². The molecule has 1 aliphatic heterocycles. The Morgan fingerprint density at radius 1 is 1.35 bits per heavy atom. The highest BCUT2D eigenvalue weighted by Crippen LogP contribution is 2.23. The Kier molecular flexibility index (Phi) is 4.47. The number of amides is 1. The van der Waals surface area contributed by atoms with Crippen LogP contribution in [0.1, 0.15) is 35.8 Å². The molecule has 0 spiro atoms. The highest BCUT2D eigenvalue weighted by atomic mass is 32.2. The molecular weight excluding hydrogens is 315 g/mol. The number of carbonyl (C=O) groups excluding carboxylic acids is 1. The molecule has 0 saturated carbocycles. The number of halogens is 1. The van der Waals surface area contributed by atoms with Crippen molar-refractivity contribution in [2.45, 2.75) is 19.8 Å². The number of nitrogens with zero attached hydrogens (tertiary/aromatic N) is 3. The predicted molar refractivity (Wildman–Crippen MR) is 89.8 cm³/mol. The van der Waals surface area contributed by atoms with Gasteiger partial charge in [-0.3, -0.25) is 9.79 Å². The molecule has 1 aliphatic rings. The van der Waals surface area contributed by atoms with Gasteiger partial charge in [0.15, 0.2) is 5.17 Å². The maximum atomic E-state index is 13.1. The van der Waals surface area contributed by atoms with Crippen LogP contribution in [0.5, 0.6) is 0 Å². The van der Waals surface area contributed by atoms with E-state index in [1.165, 1.54) is 23.9 Å². The Bertz CT molecular complexity index is 752. The zero-order valence-corrected chi connectivity index (χ0v) is 13.7. The van der Waals surface area contributed by atoms with Crippen LogP contribution in [-0.2, 0) is 0 Å². The van der Waals surface area contributed by atoms with Crippen LogP contribution >= 0.6 is 11.8 Å². The van der Waals surface area contributed by atoms with Gasteiger partial charge in [-0.1, -0.05) is 25.6 Å². The summed E-state index contributed by atoms with van der Waals surface area (Å²) in [6, 6.07) is 6.05. The molecule has 0 bridgehead atoms. The van der Waals surface area contributed by atoms with Crippen molar-refractivity contribution < 1.29 is 9.18 Å². The second kappa shape index (κ2) is 6.54. The summed E-state index contributed by atoms with van der Waals surface area (Å²) in [5.41, 5.74) is 2.03. The summed E-state index contributed by atoms with van der Waals surface area (Å²) in [6.07, 6.45) is 1.55. The van der Waals surface area contributed by atoms with E-state index < -0.39 is 0 Å². The third-order valence-corrected chi connectivity index (χ3v) is 4.37. The van der Waals surface area contributed by atoms with Crippen LogP contribution in [0, 0.1) is 5.82 Å². The molecule has 23 heavy (non-hydrogen) atoms. The first-order valence-electron chi connectivity index (χ1n) is 7.38. The monoisotopic (exact) mass is 332 g/mol. The van der Waals surface area contributed by atoms with E-state index in [0.717, 1.165) is 23.7 Å². The van der Waals surface area contributed by atoms with E-state index in [2.05, 4.69) is 15.4 Å². The molecule has 2 heterocycles. The van der Waals surface area contributed by atoms with Crippen molar-refractivity contribution in [3.05, 3.63) is 47.5 Å². The predicted octanol–water partition coefficient (Wildman–Crippen LogP) is 2.97. The van der Waals surface area contributed by atoms with Crippen molar-refractivity contribution in [2.75, 3.05) is 12.3 Å². The van der Waals surface area contributed by atoms with Crippen molar-refractivity contribution in [2.24, 2.45) is 4.99 Å². The third-order valence-electron chi connectivity index (χ3n) is 3.48. The SMILES string of the molecule is CC(C)c1c(C(=O)NC2=NCCS2)cnn1-c1ccc(F)cc1. The first-order valence-corrected chi connectivity index (χ1v) is 8.37. The normalized spacial score (nSPS) is 14.2. The zero-order chi connectivity index (χ0) is 16.4. The molecule has 0 atom stereocenters. The number of nitrogens with one attached hydrogen (secondary N) is 1. The van der Waals surface area contributed by atoms with Crippen molar-refractivity contribution in [3.8, 4) is 5.69 Å². The summed E-state index contributed by atoms with van der Waals surface area (Å²) in [5.74, 6) is 0.458. The molecule has 2 aromatic rings. The van der Waals surface area contributed by atoms with Gasteiger partial charge < -0.3 is 5.32 Å². The summed E-state index contributed by atoms with van der Waals surface area (Å²) in [5, 5.41) is 7.80. The number of thioether (sulfide) groups is 1. The van der Waals surface area contributed by atoms with Crippen molar-refractivity contribution in [1.82, 2.24) is 15.1 Å². The largest absolute Gasteiger partial charge is 0.301 e. The van der Waals surface area contributed by atoms with Crippen LogP contribution in [0.15, 0.2) is 35.5 Å². The Balaban J connectivity index is 1.95. The van der Waals surface area contributed by atoms with E-state index in [1.54, 1.807) is 23.0 Å². The van der Waals surface area contributed by atoms with Crippen molar-refractivity contribution in [1.29, 1.82) is 0 Å². The lowest BCUT2D eigenvalue weighted by Crippen LogP contribution is -2.28. The average molecular weight is 332 g/mol. The van der Waals surface area contributed by atoms with Crippen LogP contribution in [0.25, 0.3) is 5.69 Å². The summed E-state index contributed by atoms with van der Waals surface area (Å²) in [6.45, 7) is 4.72. The average Bonchev–Trinajstić information content (AvgIpc) is 3.16. The van der Waals surface area contributed by atoms with Crippen molar-refractivity contribution in [3.63, 3.8) is 0 Å². The summed E-state index contributed by atoms with van der Waals surface area (Å²) < 4.78 is 14.8. The number of aromatic nitrogens is 2. The molecule has 1 aromatic carbocycles. The molecular formula is C16H17FN4OS. The summed E-state index contributed by atoms with van der Waals surface area (Å²) in [7, 11) is 0. The van der Waals surface area contributed by atoms with Gasteiger partial charge in [0.25, 0.3) is 5.91 Å². The van der Waals surface area contributed by atoms with Gasteiger partial charge in [0.2, 0.25) is 0 Å². The van der Waals surface area contributed by atoms with E-state index in [9.17, 15) is 9.18 Å². The Labute approximate surface area is 138 Å². The number of hydrogen-bond acceptors (Lipinski definition) is 4. The summed E-state index contributed by atoms with van der Waals surface area (Å²) >= 11 is 1.53. The molecule has 0 unspecified atom stereocenters. The first kappa shape index (κ1) is 15.7. The van der Waals surface area contributed by atoms with E-state index >= 15 is 0 Å². The number of rotatable bonds is 3. The quantitative estimate of drug-likeness (QED) is 0.940. The lowest BCUT2D eigenvalue weighted by Gasteiger charge is -2.13. The summed E-state index contributed by atoms with van der Waals surface area (Å²) in [4.78, 5) is 16.7. The van der Waals surface area contributed by atoms with E-state index in [0.29, 0.717) is 10.7 Å². The number of amidine groups is 1. The van der Waals surface area contributed by atoms with E-state index in [4.69, 9.17) is 0 Å². The van der Waals surface area contributed by atoms with Crippen LogP contribution in [0.2, 0.25) is 0 Å². The molecule has 0 aliphatic carbocycles. The molecule has 0 fully saturated rings. The van der Waals surface area contributed by atoms with E-state index in [1.807, 2.05) is 13.8 Å². The van der Waals surface area contributed by atoms with Crippen LogP contribution < -0.4 is 5.32 Å². The highest BCUT2D eigenvalue weighted by Gasteiger charge is 2.22. The van der Waals surface area contributed by atoms with Gasteiger partial charge >= 0.3 is 0 Å². The number of carbonyl (C=O) groups is 1. The van der Waals surface area contributed by atoms with Gasteiger partial charge in [0.1, 0.15) is 5.82 Å². The molecule has 3 rings (SSSR count). The topological polar surface area (TPSA) is 59.3 Å². The fourth-order valence-corrected chi connectivity index (χ4v) is 3.18. The minimum Gasteiger partial charge on any atom is -0.301 e. The minimum atomic E-state index is -0.304. The Morgan fingerprint density at radius 3 is 2.70 bits per heavy atom. The zero-order valence-electron chi connectivity index (χ0n) is 12.9. The Morgan fingerprint density at radius 2 is 2.09 bits per heavy atom. The highest BCUT2D eigenvalue weighted by molar-refractivity contribution is 8.14. The van der Waals surface area contributed by atoms with Gasteiger partial charge in [-0.25, -0.2) is 9.07 Å². The molecule has 5 nitrogen and oxygen atoms in total. The molecule has 1 aromatic heterocycles. The fraction of sp³-hybridized carbons (Fsp3) is 0.312. The second-order valence-electron chi connectivity index (χ2n) is 5.48. The first-order chi connectivity index (χ1) is 11.1. The molecule has 0 saturated heterocycles. The maximum Gasteiger partial charge on any atom is 0.260 e. The second-order valence-corrected chi connectivity index (χ2v) is 6.56. The smallest absolute Gasteiger partial charge is 0.260 e. The van der Waals surface area contributed by atoms with Crippen LogP contribution in [-0.4, -0.2) is 33.2 Å². The maximum absolute atomic E-state index is 13.1. The van der Waals surface area contributed by atoms with Crippen LogP contribution in [0.3, 0.4) is 0 Å². The van der Waals surface area contributed by atoms with Crippen molar-refractivity contribution >= 4 is 22.8 Å². The van der Waals surface area contributed by atoms with Gasteiger partial charge in [0, 0.05) is 5.75 Å². The minimum absolute atomic E-state index is 0.0847. The lowest BCUT2D eigenvalue weighted by atomic mass is 10.1. The molecule has 1 amide bonds. The standard InChI is InChI=1S/C16H17FN4OS/c1-10(2)14-13(15(22)20-16-18-7-8-23-16)9-19-21(14)12-5-3-11(17)4-6-12/h3-6,9-10H,7-8H2,1-2H3,(H,18,20,22). The third kappa shape index (κ3) is 3.29.